The molecule has 1 amide bonds. The molecule has 0 spiro atoms. The van der Waals surface area contributed by atoms with Crippen molar-refractivity contribution in [1.29, 1.82) is 5.26 Å². The number of dihydropyridines is 1. The Bertz CT molecular complexity index is 1120. The van der Waals surface area contributed by atoms with E-state index in [2.05, 4.69) is 16.7 Å². The van der Waals surface area contributed by atoms with Gasteiger partial charge in [-0.15, -0.1) is 0 Å². The van der Waals surface area contributed by atoms with Gasteiger partial charge in [-0.2, -0.15) is 5.26 Å². The Kier molecular flexibility index (Phi) is 8.60. The molecule has 8 nitrogen and oxygen atoms in total. The first-order chi connectivity index (χ1) is 15.9. The summed E-state index contributed by atoms with van der Waals surface area (Å²) in [6.07, 6.45) is 1.47. The zero-order valence-electron chi connectivity index (χ0n) is 18.0. The smallest absolute Gasteiger partial charge is 0.336 e. The number of carbonyl (C=O) groups excluding carboxylic acids is 2. The largest absolute Gasteiger partial charge is 0.468 e. The first-order valence-corrected chi connectivity index (χ1v) is 11.3. The number of rotatable bonds is 9. The zero-order valence-corrected chi connectivity index (χ0v) is 19.6. The fourth-order valence-electron chi connectivity index (χ4n) is 3.23. The van der Waals surface area contributed by atoms with Gasteiger partial charge in [-0.25, -0.2) is 4.79 Å². The van der Waals surface area contributed by atoms with Crippen LogP contribution in [-0.4, -0.2) is 38.0 Å². The van der Waals surface area contributed by atoms with Crippen LogP contribution in [0.5, 0.6) is 0 Å². The third-order valence-corrected chi connectivity index (χ3v) is 5.92. The van der Waals surface area contributed by atoms with E-state index in [0.717, 1.165) is 11.8 Å². The lowest BCUT2D eigenvalue weighted by atomic mass is 9.86. The van der Waals surface area contributed by atoms with E-state index in [1.165, 1.54) is 13.4 Å². The molecule has 0 saturated heterocycles. The number of hydrogen-bond acceptors (Lipinski definition) is 8. The van der Waals surface area contributed by atoms with E-state index in [9.17, 15) is 14.9 Å². The highest BCUT2D eigenvalue weighted by Gasteiger charge is 2.37. The molecule has 1 aliphatic heterocycles. The Morgan fingerprint density at radius 3 is 2.79 bits per heavy atom. The van der Waals surface area contributed by atoms with Crippen LogP contribution < -0.4 is 10.6 Å². The molecule has 33 heavy (non-hydrogen) atoms. The van der Waals surface area contributed by atoms with Crippen molar-refractivity contribution in [1.82, 2.24) is 5.32 Å². The summed E-state index contributed by atoms with van der Waals surface area (Å²) in [4.78, 5) is 25.3. The van der Waals surface area contributed by atoms with Gasteiger partial charge in [0.25, 0.3) is 0 Å². The van der Waals surface area contributed by atoms with Crippen LogP contribution in [-0.2, 0) is 19.1 Å². The maximum Gasteiger partial charge on any atom is 0.336 e. The van der Waals surface area contributed by atoms with Gasteiger partial charge in [-0.1, -0.05) is 29.4 Å². The fourth-order valence-corrected chi connectivity index (χ4v) is 4.32. The number of thioether (sulfide) groups is 1. The van der Waals surface area contributed by atoms with Crippen LogP contribution in [0.15, 0.2) is 69.0 Å². The van der Waals surface area contributed by atoms with Crippen LogP contribution in [0.2, 0.25) is 5.02 Å². The summed E-state index contributed by atoms with van der Waals surface area (Å²) >= 11 is 7.11. The summed E-state index contributed by atoms with van der Waals surface area (Å²) in [6, 6.07) is 12.4. The number of halogens is 1. The predicted octanol–water partition coefficient (Wildman–Crippen LogP) is 4.19. The van der Waals surface area contributed by atoms with Crippen LogP contribution in [0.1, 0.15) is 18.6 Å². The molecule has 0 saturated carbocycles. The number of ether oxygens (including phenoxy) is 2. The minimum absolute atomic E-state index is 0.0335. The van der Waals surface area contributed by atoms with Crippen molar-refractivity contribution in [3.8, 4) is 6.07 Å². The summed E-state index contributed by atoms with van der Waals surface area (Å²) < 4.78 is 15.8. The van der Waals surface area contributed by atoms with Gasteiger partial charge >= 0.3 is 5.97 Å². The average Bonchev–Trinajstić information content (AvgIpc) is 3.32. The van der Waals surface area contributed by atoms with Gasteiger partial charge < -0.3 is 24.5 Å². The first-order valence-electron chi connectivity index (χ1n) is 9.94. The van der Waals surface area contributed by atoms with Crippen LogP contribution in [0.3, 0.4) is 0 Å². The third kappa shape index (κ3) is 6.20. The monoisotopic (exact) mass is 487 g/mol. The number of allylic oxidation sites excluding steroid dienone is 2. The fraction of sp³-hybridized carbons (Fsp3) is 0.261. The summed E-state index contributed by atoms with van der Waals surface area (Å²) in [6.45, 7) is 2.04. The molecule has 1 aliphatic rings. The van der Waals surface area contributed by atoms with Crippen molar-refractivity contribution in [3.05, 3.63) is 75.3 Å². The molecule has 0 radical (unpaired) electrons. The molecule has 0 fully saturated rings. The second-order valence-corrected chi connectivity index (χ2v) is 8.36. The quantitative estimate of drug-likeness (QED) is 0.400. The highest BCUT2D eigenvalue weighted by atomic mass is 35.5. The number of furan rings is 1. The van der Waals surface area contributed by atoms with Gasteiger partial charge in [-0.3, -0.25) is 4.79 Å². The molecule has 172 valence electrons. The number of hydrogen-bond donors (Lipinski definition) is 2. The van der Waals surface area contributed by atoms with Crippen LogP contribution >= 0.6 is 23.4 Å². The summed E-state index contributed by atoms with van der Waals surface area (Å²) in [7, 11) is 1.51. The number of amides is 1. The number of nitriles is 1. The van der Waals surface area contributed by atoms with Crippen molar-refractivity contribution < 1.29 is 23.5 Å². The molecule has 0 unspecified atom stereocenters. The minimum Gasteiger partial charge on any atom is -0.468 e. The summed E-state index contributed by atoms with van der Waals surface area (Å²) in [5, 5.41) is 16.8. The maximum absolute atomic E-state index is 12.8. The lowest BCUT2D eigenvalue weighted by Crippen LogP contribution is -2.29. The molecule has 0 bridgehead atoms. The van der Waals surface area contributed by atoms with E-state index in [0.29, 0.717) is 27.2 Å². The number of methoxy groups -OCH3 is 1. The lowest BCUT2D eigenvalue weighted by molar-refractivity contribution is -0.140. The van der Waals surface area contributed by atoms with Gasteiger partial charge in [0.05, 0.1) is 46.8 Å². The van der Waals surface area contributed by atoms with E-state index in [1.54, 1.807) is 43.3 Å². The Labute approximate surface area is 200 Å². The maximum atomic E-state index is 12.8. The summed E-state index contributed by atoms with van der Waals surface area (Å²) in [5.74, 6) is -1.15. The van der Waals surface area contributed by atoms with Crippen molar-refractivity contribution in [3.63, 3.8) is 0 Å². The molecule has 2 aromatic rings. The standard InChI is InChI=1S/C23H22ClN3O5S/c1-14-20(23(29)32-10-9-30-2)21(18-7-4-8-31-18)17(12-25)22(26-14)33-13-19(28)27-16-6-3-5-15(24)11-16/h3-8,11,21,26H,9-10,13H2,1-2H3,(H,27,28)/t21-/m0/s1. The third-order valence-electron chi connectivity index (χ3n) is 4.67. The average molecular weight is 488 g/mol. The van der Waals surface area contributed by atoms with E-state index in [-0.39, 0.29) is 36.0 Å². The van der Waals surface area contributed by atoms with E-state index in [4.69, 9.17) is 25.5 Å². The number of nitrogens with one attached hydrogen (secondary N) is 2. The number of esters is 1. The molecule has 2 heterocycles. The highest BCUT2D eigenvalue weighted by molar-refractivity contribution is 8.03. The zero-order chi connectivity index (χ0) is 23.8. The van der Waals surface area contributed by atoms with Crippen molar-refractivity contribution in [2.45, 2.75) is 12.8 Å². The molecule has 10 heteroatoms. The molecule has 2 N–H and O–H groups in total. The van der Waals surface area contributed by atoms with Gasteiger partial charge in [0.15, 0.2) is 0 Å². The number of carbonyl (C=O) groups is 2. The summed E-state index contributed by atoms with van der Waals surface area (Å²) in [5.41, 5.74) is 1.61. The van der Waals surface area contributed by atoms with Crippen LogP contribution in [0.25, 0.3) is 0 Å². The van der Waals surface area contributed by atoms with Crippen LogP contribution in [0, 0.1) is 11.3 Å². The van der Waals surface area contributed by atoms with E-state index < -0.39 is 11.9 Å². The highest BCUT2D eigenvalue weighted by Crippen LogP contribution is 2.41. The van der Waals surface area contributed by atoms with Gasteiger partial charge in [-0.05, 0) is 37.3 Å². The Morgan fingerprint density at radius 2 is 2.12 bits per heavy atom. The van der Waals surface area contributed by atoms with Crippen molar-refractivity contribution in [2.75, 3.05) is 31.4 Å². The molecular weight excluding hydrogens is 466 g/mol. The molecule has 1 atom stereocenters. The molecule has 0 aliphatic carbocycles. The molecule has 1 aromatic heterocycles. The van der Waals surface area contributed by atoms with Gasteiger partial charge in [0.2, 0.25) is 5.91 Å². The first kappa shape index (κ1) is 24.5. The molecule has 1 aromatic carbocycles. The SMILES string of the molecule is COCCOC(=O)C1=C(C)NC(SCC(=O)Nc2cccc(Cl)c2)=C(C#N)[C@H]1c1ccco1. The number of benzene rings is 1. The van der Waals surface area contributed by atoms with Crippen LogP contribution in [0.4, 0.5) is 5.69 Å². The van der Waals surface area contributed by atoms with Gasteiger partial charge in [0, 0.05) is 23.5 Å². The molecule has 3 rings (SSSR count). The van der Waals surface area contributed by atoms with Gasteiger partial charge in [0.1, 0.15) is 12.4 Å². The van der Waals surface area contributed by atoms with Crippen molar-refractivity contribution in [2.24, 2.45) is 0 Å². The minimum atomic E-state index is -0.764. The lowest BCUT2D eigenvalue weighted by Gasteiger charge is -2.27. The predicted molar refractivity (Wildman–Crippen MR) is 125 cm³/mol. The Morgan fingerprint density at radius 1 is 1.30 bits per heavy atom. The normalized spacial score (nSPS) is 15.6. The second kappa shape index (κ2) is 11.6. The number of anilines is 1. The van der Waals surface area contributed by atoms with E-state index >= 15 is 0 Å². The second-order valence-electron chi connectivity index (χ2n) is 6.94. The topological polar surface area (TPSA) is 114 Å². The Hall–Kier alpha value is -3.19. The Balaban J connectivity index is 1.81. The number of nitrogens with zero attached hydrogens (tertiary/aromatic N) is 1. The van der Waals surface area contributed by atoms with E-state index in [1.807, 2.05) is 0 Å². The van der Waals surface area contributed by atoms with Crippen molar-refractivity contribution >= 4 is 40.9 Å². The molecular formula is C23H22ClN3O5S.